The zero-order valence-electron chi connectivity index (χ0n) is 29.7. The van der Waals surface area contributed by atoms with E-state index in [4.69, 9.17) is 24.4 Å². The third-order valence-corrected chi connectivity index (χ3v) is 10.4. The SMILES string of the molecule is C1=CC(c2nc(-c3ccccc3)nc(-c3cccc(-c4cccc(-c5ccc6c(c5)n(-c5ccccc5)c5nc7oc8ccccc8c7n65)c4)c3)n2)=CCC1. The predicted molar refractivity (Wildman–Crippen MR) is 221 cm³/mol. The number of furan rings is 1. The standard InChI is InChI=1S/C48H32N6O/c1-4-14-31(15-5-1)44-49-45(32-16-6-2-7-17-32)51-46(50-44)37-21-13-20-35(29-37)33-18-12-19-34(28-33)36-26-27-40-41(30-36)53(38-22-8-3-9-23-38)48-52-47-43(54(40)48)39-24-10-11-25-42(39)55-47/h1,3-6,8-30H,2,7H2. The normalized spacial score (nSPS) is 13.0. The fourth-order valence-corrected chi connectivity index (χ4v) is 7.79. The lowest BCUT2D eigenvalue weighted by atomic mass is 9.97. The summed E-state index contributed by atoms with van der Waals surface area (Å²) in [6, 6.07) is 52.5. The Balaban J connectivity index is 1.02. The molecule has 7 nitrogen and oxygen atoms in total. The second kappa shape index (κ2) is 12.6. The largest absolute Gasteiger partial charge is 0.436 e. The lowest BCUT2D eigenvalue weighted by Crippen LogP contribution is -2.03. The molecule has 1 aliphatic rings. The molecule has 0 unspecified atom stereocenters. The van der Waals surface area contributed by atoms with Crippen molar-refractivity contribution in [2.75, 3.05) is 0 Å². The topological polar surface area (TPSA) is 74.0 Å². The molecular weight excluding hydrogens is 677 g/mol. The molecule has 0 saturated heterocycles. The van der Waals surface area contributed by atoms with Gasteiger partial charge in [-0.15, -0.1) is 0 Å². The van der Waals surface area contributed by atoms with Crippen molar-refractivity contribution in [1.82, 2.24) is 28.9 Å². The smallest absolute Gasteiger partial charge is 0.248 e. The maximum Gasteiger partial charge on any atom is 0.248 e. The molecule has 0 bridgehead atoms. The third kappa shape index (κ3) is 5.28. The first kappa shape index (κ1) is 31.2. The summed E-state index contributed by atoms with van der Waals surface area (Å²) < 4.78 is 10.7. The molecule has 0 fully saturated rings. The van der Waals surface area contributed by atoms with Gasteiger partial charge in [-0.05, 0) is 83.6 Å². The number of para-hydroxylation sites is 2. The Kier molecular flexibility index (Phi) is 7.16. The lowest BCUT2D eigenvalue weighted by molar-refractivity contribution is 0.656. The van der Waals surface area contributed by atoms with Crippen LogP contribution in [0.2, 0.25) is 0 Å². The number of nitrogens with zero attached hydrogens (tertiary/aromatic N) is 6. The molecule has 0 atom stereocenters. The second-order valence-electron chi connectivity index (χ2n) is 13.8. The molecular formula is C48H32N6O. The van der Waals surface area contributed by atoms with E-state index in [1.54, 1.807) is 0 Å². The number of benzene rings is 6. The molecule has 1 aliphatic carbocycles. The van der Waals surface area contributed by atoms with E-state index in [0.29, 0.717) is 23.2 Å². The van der Waals surface area contributed by atoms with E-state index in [1.165, 1.54) is 0 Å². The Hall–Kier alpha value is -7.38. The molecule has 55 heavy (non-hydrogen) atoms. The highest BCUT2D eigenvalue weighted by atomic mass is 16.3. The van der Waals surface area contributed by atoms with Crippen molar-refractivity contribution in [3.05, 3.63) is 176 Å². The van der Waals surface area contributed by atoms with Gasteiger partial charge in [-0.3, -0.25) is 8.97 Å². The van der Waals surface area contributed by atoms with E-state index in [2.05, 4.69) is 124 Å². The summed E-state index contributed by atoms with van der Waals surface area (Å²) >= 11 is 0. The fourth-order valence-electron chi connectivity index (χ4n) is 7.79. The highest BCUT2D eigenvalue weighted by molar-refractivity contribution is 6.06. The summed E-state index contributed by atoms with van der Waals surface area (Å²) in [5.74, 6) is 2.82. The van der Waals surface area contributed by atoms with Crippen molar-refractivity contribution in [1.29, 1.82) is 0 Å². The molecule has 11 rings (SSSR count). The molecule has 0 amide bonds. The van der Waals surface area contributed by atoms with Crippen LogP contribution < -0.4 is 0 Å². The van der Waals surface area contributed by atoms with Crippen LogP contribution in [0.3, 0.4) is 0 Å². The van der Waals surface area contributed by atoms with Gasteiger partial charge in [0, 0.05) is 27.8 Å². The van der Waals surface area contributed by atoms with Crippen LogP contribution in [0.25, 0.3) is 95.3 Å². The van der Waals surface area contributed by atoms with E-state index in [-0.39, 0.29) is 0 Å². The summed E-state index contributed by atoms with van der Waals surface area (Å²) in [4.78, 5) is 19.9. The third-order valence-electron chi connectivity index (χ3n) is 10.4. The van der Waals surface area contributed by atoms with Gasteiger partial charge in [-0.2, -0.15) is 4.98 Å². The zero-order chi connectivity index (χ0) is 36.3. The first-order chi connectivity index (χ1) is 27.2. The van der Waals surface area contributed by atoms with Crippen molar-refractivity contribution in [3.63, 3.8) is 0 Å². The Morgan fingerprint density at radius 3 is 1.89 bits per heavy atom. The van der Waals surface area contributed by atoms with Crippen molar-refractivity contribution < 1.29 is 4.42 Å². The van der Waals surface area contributed by atoms with Crippen LogP contribution in [0.1, 0.15) is 18.7 Å². The van der Waals surface area contributed by atoms with Gasteiger partial charge >= 0.3 is 0 Å². The van der Waals surface area contributed by atoms with E-state index in [9.17, 15) is 0 Å². The molecule has 0 N–H and O–H groups in total. The quantitative estimate of drug-likeness (QED) is 0.172. The molecule has 4 heterocycles. The van der Waals surface area contributed by atoms with E-state index in [0.717, 1.165) is 90.8 Å². The molecule has 6 aromatic carbocycles. The first-order valence-corrected chi connectivity index (χ1v) is 18.5. The molecule has 7 heteroatoms. The van der Waals surface area contributed by atoms with Crippen LogP contribution in [-0.2, 0) is 0 Å². The number of hydrogen-bond acceptors (Lipinski definition) is 5. The minimum absolute atomic E-state index is 0.634. The monoisotopic (exact) mass is 708 g/mol. The van der Waals surface area contributed by atoms with Crippen LogP contribution in [0.4, 0.5) is 0 Å². The van der Waals surface area contributed by atoms with Gasteiger partial charge in [0.15, 0.2) is 17.5 Å². The van der Waals surface area contributed by atoms with Crippen molar-refractivity contribution >= 4 is 44.6 Å². The second-order valence-corrected chi connectivity index (χ2v) is 13.8. The molecule has 0 spiro atoms. The number of allylic oxidation sites excluding steroid dienone is 4. The average molecular weight is 709 g/mol. The molecule has 0 aliphatic heterocycles. The lowest BCUT2D eigenvalue weighted by Gasteiger charge is -2.12. The molecule has 4 aromatic heterocycles. The van der Waals surface area contributed by atoms with Gasteiger partial charge < -0.3 is 4.42 Å². The van der Waals surface area contributed by atoms with Gasteiger partial charge in [0.2, 0.25) is 11.5 Å². The Morgan fingerprint density at radius 2 is 1.13 bits per heavy atom. The van der Waals surface area contributed by atoms with Crippen molar-refractivity contribution in [2.45, 2.75) is 12.8 Å². The summed E-state index contributed by atoms with van der Waals surface area (Å²) in [6.45, 7) is 0. The van der Waals surface area contributed by atoms with E-state index >= 15 is 0 Å². The minimum atomic E-state index is 0.634. The predicted octanol–water partition coefficient (Wildman–Crippen LogP) is 11.8. The van der Waals surface area contributed by atoms with Gasteiger partial charge in [0.1, 0.15) is 11.1 Å². The van der Waals surface area contributed by atoms with Crippen LogP contribution in [0.5, 0.6) is 0 Å². The Labute approximate surface area is 316 Å². The van der Waals surface area contributed by atoms with Gasteiger partial charge in [0.25, 0.3) is 0 Å². The maximum atomic E-state index is 6.22. The van der Waals surface area contributed by atoms with Crippen molar-refractivity contribution in [2.24, 2.45) is 0 Å². The molecule has 0 saturated carbocycles. The van der Waals surface area contributed by atoms with Crippen molar-refractivity contribution in [3.8, 4) is 50.7 Å². The van der Waals surface area contributed by atoms with Gasteiger partial charge in [-0.25, -0.2) is 15.0 Å². The van der Waals surface area contributed by atoms with Crippen LogP contribution in [0, 0.1) is 0 Å². The number of rotatable bonds is 6. The molecule has 10 aromatic rings. The highest BCUT2D eigenvalue weighted by Crippen LogP contribution is 2.37. The first-order valence-electron chi connectivity index (χ1n) is 18.5. The number of fused-ring (bicyclic) bond motifs is 7. The number of aromatic nitrogens is 6. The fraction of sp³-hybridized carbons (Fsp3) is 0.0417. The molecule has 260 valence electrons. The summed E-state index contributed by atoms with van der Waals surface area (Å²) in [6.07, 6.45) is 8.52. The van der Waals surface area contributed by atoms with Crippen LogP contribution in [-0.4, -0.2) is 28.9 Å². The summed E-state index contributed by atoms with van der Waals surface area (Å²) in [7, 11) is 0. The van der Waals surface area contributed by atoms with E-state index in [1.807, 2.05) is 54.6 Å². The van der Waals surface area contributed by atoms with Crippen LogP contribution in [0.15, 0.2) is 174 Å². The average Bonchev–Trinajstić information content (AvgIpc) is 3.91. The van der Waals surface area contributed by atoms with Crippen LogP contribution >= 0.6 is 0 Å². The summed E-state index contributed by atoms with van der Waals surface area (Å²) in [5, 5.41) is 1.05. The Morgan fingerprint density at radius 1 is 0.491 bits per heavy atom. The maximum absolute atomic E-state index is 6.22. The van der Waals surface area contributed by atoms with Gasteiger partial charge in [0.05, 0.1) is 11.0 Å². The highest BCUT2D eigenvalue weighted by Gasteiger charge is 2.22. The minimum Gasteiger partial charge on any atom is -0.436 e. The van der Waals surface area contributed by atoms with Gasteiger partial charge in [-0.1, -0.05) is 121 Å². The Bertz CT molecular complexity index is 3150. The summed E-state index contributed by atoms with van der Waals surface area (Å²) in [5.41, 5.74) is 13.0. The molecule has 0 radical (unpaired) electrons. The number of imidazole rings is 2. The number of hydrogen-bond donors (Lipinski definition) is 0. The van der Waals surface area contributed by atoms with E-state index < -0.39 is 0 Å². The zero-order valence-corrected chi connectivity index (χ0v) is 29.7.